The minimum absolute atomic E-state index is 0.0212. The molecule has 0 aromatic heterocycles. The van der Waals surface area contributed by atoms with Crippen molar-refractivity contribution in [2.75, 3.05) is 6.54 Å². The molecule has 0 bridgehead atoms. The van der Waals surface area contributed by atoms with E-state index in [0.29, 0.717) is 0 Å². The first-order valence-electron chi connectivity index (χ1n) is 7.27. The van der Waals surface area contributed by atoms with Crippen molar-refractivity contribution in [3.63, 3.8) is 0 Å². The third kappa shape index (κ3) is 6.35. The van der Waals surface area contributed by atoms with Gasteiger partial charge in [0.25, 0.3) is 0 Å². The molecule has 8 heteroatoms. The van der Waals surface area contributed by atoms with Crippen LogP contribution in [0.2, 0.25) is 0 Å². The Morgan fingerprint density at radius 2 is 2.04 bits per heavy atom. The molecular weight excluding hydrogens is 313 g/mol. The van der Waals surface area contributed by atoms with Crippen LogP contribution in [0, 0.1) is 11.7 Å². The van der Waals surface area contributed by atoms with Crippen molar-refractivity contribution in [3.05, 3.63) is 29.6 Å². The molecule has 0 spiro atoms. The second-order valence-corrected chi connectivity index (χ2v) is 5.11. The number of amides is 2. The van der Waals surface area contributed by atoms with Crippen molar-refractivity contribution in [2.45, 2.75) is 39.5 Å². The summed E-state index contributed by atoms with van der Waals surface area (Å²) in [5, 5.41) is 14.5. The average molecular weight is 334 g/mol. The molecule has 0 radical (unpaired) electrons. The topological polar surface area (TPSA) is 70.6 Å². The summed E-state index contributed by atoms with van der Waals surface area (Å²) < 4.78 is 42.5. The predicted molar refractivity (Wildman–Crippen MR) is 78.7 cm³/mol. The lowest BCUT2D eigenvalue weighted by Crippen LogP contribution is -2.41. The summed E-state index contributed by atoms with van der Waals surface area (Å²) in [4.78, 5) is 11.6. The van der Waals surface area contributed by atoms with Gasteiger partial charge in [0.05, 0.1) is 12.6 Å². The van der Waals surface area contributed by atoms with Gasteiger partial charge in [-0.2, -0.15) is 8.78 Å². The van der Waals surface area contributed by atoms with Gasteiger partial charge in [-0.05, 0) is 18.1 Å². The zero-order valence-corrected chi connectivity index (χ0v) is 13.0. The fourth-order valence-electron chi connectivity index (χ4n) is 1.82. The minimum atomic E-state index is -3.09. The van der Waals surface area contributed by atoms with E-state index in [9.17, 15) is 23.1 Å². The maximum atomic E-state index is 13.7. The first kappa shape index (κ1) is 19.1. The molecule has 1 aromatic rings. The number of alkyl halides is 2. The van der Waals surface area contributed by atoms with Gasteiger partial charge >= 0.3 is 12.6 Å². The molecule has 5 nitrogen and oxygen atoms in total. The van der Waals surface area contributed by atoms with Crippen molar-refractivity contribution in [1.29, 1.82) is 0 Å². The summed E-state index contributed by atoms with van der Waals surface area (Å²) >= 11 is 0. The molecule has 2 amide bonds. The Balaban J connectivity index is 2.56. The lowest BCUT2D eigenvalue weighted by Gasteiger charge is -2.18. The number of halogens is 3. The summed E-state index contributed by atoms with van der Waals surface area (Å²) in [6.45, 7) is 0.391. The Morgan fingerprint density at radius 3 is 2.65 bits per heavy atom. The monoisotopic (exact) mass is 334 g/mol. The van der Waals surface area contributed by atoms with E-state index in [1.807, 2.05) is 13.8 Å². The molecule has 2 unspecified atom stereocenters. The van der Waals surface area contributed by atoms with Crippen molar-refractivity contribution in [3.8, 4) is 5.75 Å². The molecule has 1 aromatic carbocycles. The molecule has 0 heterocycles. The van der Waals surface area contributed by atoms with E-state index in [1.165, 1.54) is 12.1 Å². The largest absolute Gasteiger partial charge is 0.434 e. The van der Waals surface area contributed by atoms with Crippen LogP contribution in [0.4, 0.5) is 18.0 Å². The second kappa shape index (κ2) is 9.24. The van der Waals surface area contributed by atoms with E-state index in [1.54, 1.807) is 0 Å². The number of carbonyl (C=O) groups excluding carboxylic acids is 1. The number of ether oxygens (including phenoxy) is 1. The van der Waals surface area contributed by atoms with E-state index < -0.39 is 24.6 Å². The average Bonchev–Trinajstić information content (AvgIpc) is 2.50. The molecule has 0 aliphatic heterocycles. The summed E-state index contributed by atoms with van der Waals surface area (Å²) in [5.41, 5.74) is -0.176. The van der Waals surface area contributed by atoms with Crippen LogP contribution >= 0.6 is 0 Å². The number of urea groups is 1. The van der Waals surface area contributed by atoms with Gasteiger partial charge in [0.2, 0.25) is 0 Å². The third-order valence-electron chi connectivity index (χ3n) is 3.49. The van der Waals surface area contributed by atoms with Gasteiger partial charge in [-0.25, -0.2) is 9.18 Å². The first-order valence-corrected chi connectivity index (χ1v) is 7.27. The van der Waals surface area contributed by atoms with E-state index in [0.717, 1.165) is 12.5 Å². The molecule has 130 valence electrons. The van der Waals surface area contributed by atoms with E-state index in [2.05, 4.69) is 15.4 Å². The fourth-order valence-corrected chi connectivity index (χ4v) is 1.82. The summed E-state index contributed by atoms with van der Waals surface area (Å²) in [7, 11) is 0. The van der Waals surface area contributed by atoms with Crippen molar-refractivity contribution >= 4 is 6.03 Å². The highest BCUT2D eigenvalue weighted by Gasteiger charge is 2.16. The van der Waals surface area contributed by atoms with Crippen LogP contribution in [-0.2, 0) is 6.54 Å². The van der Waals surface area contributed by atoms with E-state index in [-0.39, 0.29) is 30.3 Å². The Morgan fingerprint density at radius 1 is 1.35 bits per heavy atom. The molecule has 0 saturated carbocycles. The summed E-state index contributed by atoms with van der Waals surface area (Å²) in [5.74, 6) is -1.07. The van der Waals surface area contributed by atoms with Crippen LogP contribution in [-0.4, -0.2) is 30.4 Å². The predicted octanol–water partition coefficient (Wildman–Crippen LogP) is 2.63. The smallest absolute Gasteiger partial charge is 0.387 e. The Kier molecular flexibility index (Phi) is 7.67. The molecule has 3 N–H and O–H groups in total. The van der Waals surface area contributed by atoms with E-state index in [4.69, 9.17) is 0 Å². The van der Waals surface area contributed by atoms with Gasteiger partial charge in [0.1, 0.15) is 11.6 Å². The molecule has 0 aliphatic rings. The molecule has 0 saturated heterocycles. The molecule has 23 heavy (non-hydrogen) atoms. The fraction of sp³-hybridized carbons (Fsp3) is 0.533. The van der Waals surface area contributed by atoms with Crippen molar-refractivity contribution in [2.24, 2.45) is 5.92 Å². The lowest BCUT2D eigenvalue weighted by molar-refractivity contribution is -0.0506. The number of hydrogen-bond acceptors (Lipinski definition) is 3. The van der Waals surface area contributed by atoms with Gasteiger partial charge in [0.15, 0.2) is 0 Å². The number of hydrogen-bond donors (Lipinski definition) is 3. The molecular formula is C15H21F3N2O3. The highest BCUT2D eigenvalue weighted by atomic mass is 19.3. The number of aliphatic hydroxyl groups is 1. The number of carbonyl (C=O) groups is 1. The number of benzene rings is 1. The molecule has 0 fully saturated rings. The van der Waals surface area contributed by atoms with Gasteiger partial charge in [-0.3, -0.25) is 0 Å². The molecule has 0 aliphatic carbocycles. The number of aliphatic hydroxyl groups excluding tert-OH is 1. The van der Waals surface area contributed by atoms with Crippen molar-refractivity contribution < 1.29 is 27.8 Å². The summed E-state index contributed by atoms with van der Waals surface area (Å²) in [6.07, 6.45) is 0.0607. The molecule has 2 atom stereocenters. The Bertz CT molecular complexity index is 515. The highest BCUT2D eigenvalue weighted by Crippen LogP contribution is 2.23. The lowest BCUT2D eigenvalue weighted by atomic mass is 10.0. The van der Waals surface area contributed by atoms with Crippen LogP contribution in [0.15, 0.2) is 18.2 Å². The normalized spacial score (nSPS) is 13.5. The Hall–Kier alpha value is -1.96. The quantitative estimate of drug-likeness (QED) is 0.684. The van der Waals surface area contributed by atoms with Gasteiger partial charge in [0, 0.05) is 12.1 Å². The number of nitrogens with one attached hydrogen (secondary N) is 2. The van der Waals surface area contributed by atoms with Crippen LogP contribution in [0.3, 0.4) is 0 Å². The summed E-state index contributed by atoms with van der Waals surface area (Å²) in [6, 6.07) is 2.87. The van der Waals surface area contributed by atoms with Crippen LogP contribution in [0.25, 0.3) is 0 Å². The van der Waals surface area contributed by atoms with Crippen LogP contribution in [0.5, 0.6) is 5.75 Å². The van der Waals surface area contributed by atoms with Gasteiger partial charge < -0.3 is 20.5 Å². The van der Waals surface area contributed by atoms with Gasteiger partial charge in [-0.15, -0.1) is 0 Å². The van der Waals surface area contributed by atoms with Crippen LogP contribution < -0.4 is 15.4 Å². The SMILES string of the molecule is CCC(C)C(O)CNC(=O)NCc1c(F)cccc1OC(F)F. The molecule has 1 rings (SSSR count). The first-order chi connectivity index (χ1) is 10.8. The number of rotatable bonds is 8. The van der Waals surface area contributed by atoms with E-state index >= 15 is 0 Å². The standard InChI is InChI=1S/C15H21F3N2O3/c1-3-9(2)12(21)8-20-15(22)19-7-10-11(16)5-4-6-13(10)23-14(17)18/h4-6,9,12,14,21H,3,7-8H2,1-2H3,(H2,19,20,22). The highest BCUT2D eigenvalue weighted by molar-refractivity contribution is 5.73. The van der Waals surface area contributed by atoms with Crippen molar-refractivity contribution in [1.82, 2.24) is 10.6 Å². The second-order valence-electron chi connectivity index (χ2n) is 5.11. The maximum absolute atomic E-state index is 13.7. The minimum Gasteiger partial charge on any atom is -0.434 e. The maximum Gasteiger partial charge on any atom is 0.387 e. The zero-order valence-electron chi connectivity index (χ0n) is 13.0. The van der Waals surface area contributed by atoms with Gasteiger partial charge in [-0.1, -0.05) is 26.3 Å². The zero-order chi connectivity index (χ0) is 17.4. The Labute approximate surface area is 132 Å². The third-order valence-corrected chi connectivity index (χ3v) is 3.49. The van der Waals surface area contributed by atoms with Crippen LogP contribution in [0.1, 0.15) is 25.8 Å².